The van der Waals surface area contributed by atoms with Crippen LogP contribution in [-0.4, -0.2) is 48.6 Å². The van der Waals surface area contributed by atoms with Crippen LogP contribution in [0.2, 0.25) is 0 Å². The maximum Gasteiger partial charge on any atom is 0.469 e. The molecule has 2 N–H and O–H groups in total. The number of hydrogen-bond acceptors (Lipinski definition) is 4. The van der Waals surface area contributed by atoms with E-state index in [1.165, 1.54) is 0 Å². The summed E-state index contributed by atoms with van der Waals surface area (Å²) < 4.78 is 25.7. The van der Waals surface area contributed by atoms with Crippen molar-refractivity contribution in [1.82, 2.24) is 0 Å². The van der Waals surface area contributed by atoms with Crippen LogP contribution in [0.1, 0.15) is 20.3 Å². The van der Waals surface area contributed by atoms with E-state index in [2.05, 4.69) is 4.52 Å². The van der Waals surface area contributed by atoms with E-state index in [4.69, 9.17) is 27.1 Å². The Morgan fingerprint density at radius 2 is 2.19 bits per heavy atom. The molecular weight excluding hydrogens is 234 g/mol. The molecule has 0 amide bonds. The molecule has 2 radical (unpaired) electrons. The number of hydrogen-bond donors (Lipinski definition) is 2. The lowest BCUT2D eigenvalue weighted by Crippen LogP contribution is -2.30. The normalized spacial score (nSPS) is 31.2. The fourth-order valence-corrected chi connectivity index (χ4v) is 1.90. The first kappa shape index (κ1) is 14.2. The highest BCUT2D eigenvalue weighted by Crippen LogP contribution is 2.37. The van der Waals surface area contributed by atoms with Crippen LogP contribution in [0.15, 0.2) is 0 Å². The molecule has 1 saturated heterocycles. The van der Waals surface area contributed by atoms with E-state index in [0.717, 1.165) is 0 Å². The molecule has 6 nitrogen and oxygen atoms in total. The van der Waals surface area contributed by atoms with Crippen LogP contribution in [0.5, 0.6) is 0 Å². The fraction of sp³-hybridized carbons (Fsp3) is 1.00. The van der Waals surface area contributed by atoms with Gasteiger partial charge in [-0.25, -0.2) is 4.57 Å². The molecule has 92 valence electrons. The smallest absolute Gasteiger partial charge is 0.380 e. The fourth-order valence-electron chi connectivity index (χ4n) is 1.56. The summed E-state index contributed by atoms with van der Waals surface area (Å²) in [6.07, 6.45) is -0.337. The SMILES string of the molecule is [B]C1CC(OC(C)C)C(COP(=O)(O)O)O1. The van der Waals surface area contributed by atoms with E-state index < -0.39 is 19.9 Å². The maximum absolute atomic E-state index is 10.5. The summed E-state index contributed by atoms with van der Waals surface area (Å²) in [5, 5.41) is 0. The van der Waals surface area contributed by atoms with Crippen molar-refractivity contribution in [3.8, 4) is 0 Å². The molecule has 0 aromatic heterocycles. The Balaban J connectivity index is 2.46. The quantitative estimate of drug-likeness (QED) is 0.534. The van der Waals surface area contributed by atoms with Crippen molar-refractivity contribution in [1.29, 1.82) is 0 Å². The predicted molar refractivity (Wildman–Crippen MR) is 57.0 cm³/mol. The topological polar surface area (TPSA) is 85.2 Å². The number of rotatable bonds is 5. The lowest BCUT2D eigenvalue weighted by molar-refractivity contribution is -0.0572. The minimum absolute atomic E-state index is 0.00328. The Bertz CT molecular complexity index is 267. The van der Waals surface area contributed by atoms with Crippen molar-refractivity contribution in [3.63, 3.8) is 0 Å². The van der Waals surface area contributed by atoms with Gasteiger partial charge in [-0.05, 0) is 20.3 Å². The van der Waals surface area contributed by atoms with Gasteiger partial charge >= 0.3 is 7.82 Å². The molecule has 8 heteroatoms. The van der Waals surface area contributed by atoms with Gasteiger partial charge in [0.1, 0.15) is 14.0 Å². The third-order valence-corrected chi connectivity index (χ3v) is 2.57. The lowest BCUT2D eigenvalue weighted by Gasteiger charge is -2.21. The van der Waals surface area contributed by atoms with Crippen molar-refractivity contribution in [2.24, 2.45) is 0 Å². The molecule has 0 aromatic carbocycles. The number of phosphoric ester groups is 1. The highest BCUT2D eigenvalue weighted by Gasteiger charge is 2.35. The van der Waals surface area contributed by atoms with Crippen LogP contribution in [0, 0.1) is 0 Å². The summed E-state index contributed by atoms with van der Waals surface area (Å²) in [5.74, 6) is 0. The molecule has 1 rings (SSSR count). The molecule has 3 atom stereocenters. The van der Waals surface area contributed by atoms with Gasteiger partial charge in [0.25, 0.3) is 0 Å². The zero-order chi connectivity index (χ0) is 12.3. The molecule has 16 heavy (non-hydrogen) atoms. The van der Waals surface area contributed by atoms with Crippen LogP contribution in [0.3, 0.4) is 0 Å². The summed E-state index contributed by atoms with van der Waals surface area (Å²) in [6.45, 7) is 3.50. The first-order chi connectivity index (χ1) is 7.28. The highest BCUT2D eigenvalue weighted by atomic mass is 31.2. The molecule has 0 aliphatic carbocycles. The summed E-state index contributed by atoms with van der Waals surface area (Å²) in [6, 6.07) is -0.478. The predicted octanol–water partition coefficient (Wildman–Crippen LogP) is 0.173. The zero-order valence-electron chi connectivity index (χ0n) is 9.28. The Kier molecular flexibility index (Phi) is 4.97. The van der Waals surface area contributed by atoms with Gasteiger partial charge in [0, 0.05) is 6.00 Å². The molecule has 1 heterocycles. The zero-order valence-corrected chi connectivity index (χ0v) is 10.2. The summed E-state index contributed by atoms with van der Waals surface area (Å²) in [4.78, 5) is 17.1. The molecule has 0 saturated carbocycles. The van der Waals surface area contributed by atoms with E-state index in [9.17, 15) is 4.57 Å². The second-order valence-electron chi connectivity index (χ2n) is 3.96. The minimum Gasteiger partial charge on any atom is -0.380 e. The van der Waals surface area contributed by atoms with Gasteiger partial charge in [-0.1, -0.05) is 0 Å². The molecule has 1 aliphatic heterocycles. The Morgan fingerprint density at radius 1 is 1.56 bits per heavy atom. The molecular formula is C8H16BO6P. The molecule has 0 spiro atoms. The van der Waals surface area contributed by atoms with Gasteiger partial charge in [-0.2, -0.15) is 0 Å². The first-order valence-corrected chi connectivity index (χ1v) is 6.57. The van der Waals surface area contributed by atoms with E-state index in [-0.39, 0.29) is 18.8 Å². The Labute approximate surface area is 95.9 Å². The van der Waals surface area contributed by atoms with Crippen LogP contribution >= 0.6 is 7.82 Å². The highest BCUT2D eigenvalue weighted by molar-refractivity contribution is 7.46. The Morgan fingerprint density at radius 3 is 2.69 bits per heavy atom. The van der Waals surface area contributed by atoms with Crippen LogP contribution in [0.25, 0.3) is 0 Å². The van der Waals surface area contributed by atoms with Gasteiger partial charge in [-0.15, -0.1) is 0 Å². The van der Waals surface area contributed by atoms with Gasteiger partial charge in [0.05, 0.1) is 18.8 Å². The van der Waals surface area contributed by atoms with E-state index in [1.807, 2.05) is 13.8 Å². The second kappa shape index (κ2) is 5.62. The van der Waals surface area contributed by atoms with E-state index in [1.54, 1.807) is 0 Å². The molecule has 0 aromatic rings. The summed E-state index contributed by atoms with van der Waals surface area (Å²) in [5.41, 5.74) is 0. The monoisotopic (exact) mass is 250 g/mol. The second-order valence-corrected chi connectivity index (χ2v) is 5.20. The number of ether oxygens (including phenoxy) is 2. The van der Waals surface area contributed by atoms with Gasteiger partial charge in [-0.3, -0.25) is 4.52 Å². The average Bonchev–Trinajstić information content (AvgIpc) is 2.40. The minimum atomic E-state index is -4.48. The van der Waals surface area contributed by atoms with Crippen molar-refractivity contribution in [3.05, 3.63) is 0 Å². The van der Waals surface area contributed by atoms with Crippen LogP contribution < -0.4 is 0 Å². The standard InChI is InChI=1S/C8H16BO6P/c1-5(2)14-6-3-8(9)15-7(6)4-13-16(10,11)12/h5-8H,3-4H2,1-2H3,(H2,10,11,12). The third kappa shape index (κ3) is 4.95. The van der Waals surface area contributed by atoms with E-state index >= 15 is 0 Å². The van der Waals surface area contributed by atoms with E-state index in [0.29, 0.717) is 6.42 Å². The largest absolute Gasteiger partial charge is 0.469 e. The van der Waals surface area contributed by atoms with Gasteiger partial charge in [0.2, 0.25) is 0 Å². The van der Waals surface area contributed by atoms with Gasteiger partial charge < -0.3 is 19.3 Å². The van der Waals surface area contributed by atoms with Crippen LogP contribution in [-0.2, 0) is 18.6 Å². The third-order valence-electron chi connectivity index (χ3n) is 2.08. The van der Waals surface area contributed by atoms with Crippen molar-refractivity contribution < 1.29 is 28.3 Å². The van der Waals surface area contributed by atoms with Gasteiger partial charge in [0.15, 0.2) is 0 Å². The first-order valence-electron chi connectivity index (χ1n) is 5.04. The lowest BCUT2D eigenvalue weighted by atomic mass is 9.96. The molecule has 1 aliphatic rings. The van der Waals surface area contributed by atoms with Crippen molar-refractivity contribution >= 4 is 15.7 Å². The van der Waals surface area contributed by atoms with Crippen LogP contribution in [0.4, 0.5) is 0 Å². The Hall–Kier alpha value is 0.0949. The summed E-state index contributed by atoms with van der Waals surface area (Å²) in [7, 11) is 1.10. The maximum atomic E-state index is 10.5. The number of phosphoric acid groups is 1. The molecule has 0 bridgehead atoms. The summed E-state index contributed by atoms with van der Waals surface area (Å²) >= 11 is 0. The van der Waals surface area contributed by atoms with Crippen molar-refractivity contribution in [2.75, 3.05) is 6.61 Å². The average molecular weight is 250 g/mol. The van der Waals surface area contributed by atoms with Crippen molar-refractivity contribution in [2.45, 2.75) is 44.6 Å². The molecule has 1 fully saturated rings. The molecule has 3 unspecified atom stereocenters.